The minimum atomic E-state index is 0.551. The number of allylic oxidation sites excluding steroid dienone is 6. The predicted octanol–water partition coefficient (Wildman–Crippen LogP) is 4.29. The van der Waals surface area contributed by atoms with Crippen LogP contribution >= 0.6 is 0 Å². The summed E-state index contributed by atoms with van der Waals surface area (Å²) in [5, 5.41) is 9.67. The lowest BCUT2D eigenvalue weighted by Crippen LogP contribution is -1.87. The summed E-state index contributed by atoms with van der Waals surface area (Å²) in [6.07, 6.45) is 15.2. The molecule has 0 bridgehead atoms. The van der Waals surface area contributed by atoms with Gasteiger partial charge in [-0.05, 0) is 31.8 Å². The summed E-state index contributed by atoms with van der Waals surface area (Å²) in [4.78, 5) is 0. The van der Waals surface area contributed by atoms with Crippen LogP contribution < -0.4 is 0 Å². The van der Waals surface area contributed by atoms with Gasteiger partial charge in [-0.25, -0.2) is 0 Å². The largest absolute Gasteiger partial charge is 0.512 e. The number of hydrogen-bond donors (Lipinski definition) is 1. The third-order valence-corrected chi connectivity index (χ3v) is 2.58. The van der Waals surface area contributed by atoms with Crippen LogP contribution in [0.25, 0.3) is 0 Å². The first-order chi connectivity index (χ1) is 6.80. The van der Waals surface area contributed by atoms with Crippen LogP contribution in [0.15, 0.2) is 35.6 Å². The summed E-state index contributed by atoms with van der Waals surface area (Å²) in [5.41, 5.74) is 0.996. The average molecular weight is 192 g/mol. The molecule has 0 atom stereocenters. The molecule has 1 heteroatoms. The second-order valence-electron chi connectivity index (χ2n) is 3.87. The van der Waals surface area contributed by atoms with Crippen molar-refractivity contribution in [2.24, 2.45) is 0 Å². The van der Waals surface area contributed by atoms with Gasteiger partial charge in [-0.15, -0.1) is 0 Å². The van der Waals surface area contributed by atoms with Crippen molar-refractivity contribution in [2.75, 3.05) is 0 Å². The van der Waals surface area contributed by atoms with Gasteiger partial charge in [0.25, 0.3) is 0 Å². The van der Waals surface area contributed by atoms with Crippen LogP contribution in [0.1, 0.15) is 45.4 Å². The third kappa shape index (κ3) is 4.31. The van der Waals surface area contributed by atoms with Crippen LogP contribution in [0, 0.1) is 0 Å². The lowest BCUT2D eigenvalue weighted by Gasteiger charge is -2.03. The van der Waals surface area contributed by atoms with Gasteiger partial charge in [0.1, 0.15) is 0 Å². The molecule has 0 fully saturated rings. The smallest absolute Gasteiger partial charge is 0.0951 e. The molecular formula is C13H20O. The number of hydrogen-bond acceptors (Lipinski definition) is 1. The molecule has 1 nitrogen and oxygen atoms in total. The minimum absolute atomic E-state index is 0.551. The molecule has 0 amide bonds. The van der Waals surface area contributed by atoms with E-state index in [2.05, 4.69) is 12.2 Å². The number of aliphatic hydroxyl groups is 1. The molecule has 1 aliphatic carbocycles. The molecule has 1 aliphatic rings. The first-order valence-corrected chi connectivity index (χ1v) is 5.52. The number of aliphatic hydroxyl groups excluding tert-OH is 1. The van der Waals surface area contributed by atoms with E-state index < -0.39 is 0 Å². The van der Waals surface area contributed by atoms with Gasteiger partial charge in [-0.2, -0.15) is 0 Å². The fraction of sp³-hybridized carbons (Fsp3) is 0.538. The Morgan fingerprint density at radius 2 is 1.86 bits per heavy atom. The van der Waals surface area contributed by atoms with Gasteiger partial charge in [0, 0.05) is 6.42 Å². The maximum absolute atomic E-state index is 9.67. The van der Waals surface area contributed by atoms with Crippen LogP contribution in [0.4, 0.5) is 0 Å². The summed E-state index contributed by atoms with van der Waals surface area (Å²) in [6, 6.07) is 0. The first kappa shape index (κ1) is 11.1. The van der Waals surface area contributed by atoms with E-state index in [1.165, 1.54) is 25.7 Å². The Morgan fingerprint density at radius 1 is 1.07 bits per heavy atom. The summed E-state index contributed by atoms with van der Waals surface area (Å²) in [7, 11) is 0. The Balaban J connectivity index is 2.61. The van der Waals surface area contributed by atoms with E-state index in [0.29, 0.717) is 5.76 Å². The van der Waals surface area contributed by atoms with Crippen molar-refractivity contribution in [2.45, 2.75) is 45.4 Å². The van der Waals surface area contributed by atoms with E-state index in [-0.39, 0.29) is 0 Å². The Bertz CT molecular complexity index is 246. The standard InChI is InChI=1S/C13H20O/c1-12-10-8-6-4-2-3-5-7-9-11-13(12)14/h4,6,8,10,14H,2-3,5,7,9,11H2,1H3/b6-4+,10-8-,13-12-. The minimum Gasteiger partial charge on any atom is -0.512 e. The molecule has 0 aromatic carbocycles. The molecular weight excluding hydrogens is 172 g/mol. The van der Waals surface area contributed by atoms with Crippen LogP contribution in [0.3, 0.4) is 0 Å². The van der Waals surface area contributed by atoms with E-state index in [9.17, 15) is 5.11 Å². The number of rotatable bonds is 0. The molecule has 0 aromatic rings. The van der Waals surface area contributed by atoms with Crippen LogP contribution in [-0.4, -0.2) is 5.11 Å². The highest BCUT2D eigenvalue weighted by atomic mass is 16.3. The topological polar surface area (TPSA) is 20.2 Å². The lowest BCUT2D eigenvalue weighted by molar-refractivity contribution is 0.375. The maximum atomic E-state index is 9.67. The maximum Gasteiger partial charge on any atom is 0.0951 e. The van der Waals surface area contributed by atoms with Gasteiger partial charge in [0.05, 0.1) is 5.76 Å². The summed E-state index contributed by atoms with van der Waals surface area (Å²) >= 11 is 0. The second kappa shape index (κ2) is 6.47. The highest BCUT2D eigenvalue weighted by Gasteiger charge is 1.98. The van der Waals surface area contributed by atoms with E-state index in [4.69, 9.17) is 0 Å². The van der Waals surface area contributed by atoms with Crippen LogP contribution in [0.5, 0.6) is 0 Å². The quantitative estimate of drug-likeness (QED) is 0.607. The van der Waals surface area contributed by atoms with Gasteiger partial charge >= 0.3 is 0 Å². The fourth-order valence-corrected chi connectivity index (χ4v) is 1.58. The molecule has 0 unspecified atom stereocenters. The highest BCUT2D eigenvalue weighted by Crippen LogP contribution is 2.14. The highest BCUT2D eigenvalue weighted by molar-refractivity contribution is 5.22. The zero-order valence-corrected chi connectivity index (χ0v) is 9.00. The van der Waals surface area contributed by atoms with Crippen molar-refractivity contribution in [1.82, 2.24) is 0 Å². The average Bonchev–Trinajstić information content (AvgIpc) is 2.18. The predicted molar refractivity (Wildman–Crippen MR) is 61.3 cm³/mol. The van der Waals surface area contributed by atoms with Crippen LogP contribution in [0.2, 0.25) is 0 Å². The molecule has 1 N–H and O–H groups in total. The van der Waals surface area contributed by atoms with E-state index in [1.807, 2.05) is 19.1 Å². The van der Waals surface area contributed by atoms with Gasteiger partial charge in [0.2, 0.25) is 0 Å². The van der Waals surface area contributed by atoms with E-state index >= 15 is 0 Å². The molecule has 1 rings (SSSR count). The summed E-state index contributed by atoms with van der Waals surface area (Å²) < 4.78 is 0. The first-order valence-electron chi connectivity index (χ1n) is 5.52. The van der Waals surface area contributed by atoms with E-state index in [0.717, 1.165) is 18.4 Å². The van der Waals surface area contributed by atoms with E-state index in [1.54, 1.807) is 0 Å². The van der Waals surface area contributed by atoms with Gasteiger partial charge in [-0.3, -0.25) is 0 Å². The van der Waals surface area contributed by atoms with Crippen molar-refractivity contribution in [1.29, 1.82) is 0 Å². The van der Waals surface area contributed by atoms with Crippen LogP contribution in [-0.2, 0) is 0 Å². The fourth-order valence-electron chi connectivity index (χ4n) is 1.58. The normalized spacial score (nSPS) is 30.1. The molecule has 14 heavy (non-hydrogen) atoms. The Morgan fingerprint density at radius 3 is 2.71 bits per heavy atom. The molecule has 0 radical (unpaired) electrons. The van der Waals surface area contributed by atoms with Gasteiger partial charge in [0.15, 0.2) is 0 Å². The molecule has 0 aliphatic heterocycles. The SMILES string of the molecule is CC1=C(/O)CCCCCC/C=C/C=C\1. The van der Waals surface area contributed by atoms with Gasteiger partial charge in [-0.1, -0.05) is 37.1 Å². The van der Waals surface area contributed by atoms with Gasteiger partial charge < -0.3 is 5.11 Å². The Hall–Kier alpha value is -0.980. The van der Waals surface area contributed by atoms with Crippen molar-refractivity contribution in [3.05, 3.63) is 35.6 Å². The molecule has 0 spiro atoms. The molecule has 0 heterocycles. The second-order valence-corrected chi connectivity index (χ2v) is 3.87. The Labute approximate surface area is 86.8 Å². The van der Waals surface area contributed by atoms with Crippen molar-refractivity contribution in [3.63, 3.8) is 0 Å². The molecule has 0 saturated carbocycles. The Kier molecular flexibility index (Phi) is 5.13. The summed E-state index contributed by atoms with van der Waals surface area (Å²) in [5.74, 6) is 0.551. The zero-order valence-electron chi connectivity index (χ0n) is 9.00. The van der Waals surface area contributed by atoms with Crippen molar-refractivity contribution >= 4 is 0 Å². The van der Waals surface area contributed by atoms with Crippen molar-refractivity contribution < 1.29 is 5.11 Å². The molecule has 78 valence electrons. The van der Waals surface area contributed by atoms with Crippen molar-refractivity contribution in [3.8, 4) is 0 Å². The summed E-state index contributed by atoms with van der Waals surface area (Å²) in [6.45, 7) is 1.96. The monoisotopic (exact) mass is 192 g/mol. The molecule has 0 aromatic heterocycles. The lowest BCUT2D eigenvalue weighted by atomic mass is 10.1. The zero-order chi connectivity index (χ0) is 10.2. The third-order valence-electron chi connectivity index (χ3n) is 2.58. The molecule has 0 saturated heterocycles.